The van der Waals surface area contributed by atoms with Crippen LogP contribution in [-0.2, 0) is 13.0 Å². The number of rotatable bonds is 3. The van der Waals surface area contributed by atoms with Crippen molar-refractivity contribution in [2.24, 2.45) is 0 Å². The lowest BCUT2D eigenvalue weighted by Crippen LogP contribution is -2.23. The van der Waals surface area contributed by atoms with Crippen molar-refractivity contribution in [1.29, 1.82) is 0 Å². The maximum absolute atomic E-state index is 12.5. The molecule has 0 spiro atoms. The summed E-state index contributed by atoms with van der Waals surface area (Å²) in [5.74, 6) is 1.03. The zero-order valence-corrected chi connectivity index (χ0v) is 16.0. The predicted octanol–water partition coefficient (Wildman–Crippen LogP) is 3.41. The van der Waals surface area contributed by atoms with Crippen LogP contribution >= 0.6 is 15.9 Å². The second kappa shape index (κ2) is 6.35. The van der Waals surface area contributed by atoms with Crippen molar-refractivity contribution in [3.63, 3.8) is 0 Å². The van der Waals surface area contributed by atoms with Crippen LogP contribution in [0.4, 0.5) is 5.69 Å². The molecule has 0 saturated carbocycles. The van der Waals surface area contributed by atoms with E-state index in [1.165, 1.54) is 15.8 Å². The summed E-state index contributed by atoms with van der Waals surface area (Å²) in [6, 6.07) is 17.6. The van der Waals surface area contributed by atoms with E-state index < -0.39 is 0 Å². The average molecular weight is 422 g/mol. The normalized spacial score (nSPS) is 13.3. The van der Waals surface area contributed by atoms with Crippen LogP contribution in [0.1, 0.15) is 11.3 Å². The summed E-state index contributed by atoms with van der Waals surface area (Å²) in [6.07, 6.45) is 1.00. The molecule has 134 valence electrons. The third-order valence-corrected chi connectivity index (χ3v) is 5.32. The van der Waals surface area contributed by atoms with E-state index in [4.69, 9.17) is 0 Å². The molecule has 2 aromatic carbocycles. The predicted molar refractivity (Wildman–Crippen MR) is 108 cm³/mol. The zero-order chi connectivity index (χ0) is 18.4. The molecule has 0 bridgehead atoms. The van der Waals surface area contributed by atoms with Gasteiger partial charge in [-0.25, -0.2) is 4.98 Å². The topological polar surface area (TPSA) is 66.3 Å². The average Bonchev–Trinajstić information content (AvgIpc) is 3.27. The molecule has 4 aromatic rings. The number of nitrogens with zero attached hydrogens (tertiary/aromatic N) is 4. The van der Waals surface area contributed by atoms with Crippen molar-refractivity contribution in [2.75, 3.05) is 11.4 Å². The maximum atomic E-state index is 12.5. The van der Waals surface area contributed by atoms with Crippen molar-refractivity contribution in [3.05, 3.63) is 80.7 Å². The van der Waals surface area contributed by atoms with Crippen LogP contribution in [0.3, 0.4) is 0 Å². The molecule has 7 heteroatoms. The Morgan fingerprint density at radius 3 is 2.78 bits per heavy atom. The van der Waals surface area contributed by atoms with Gasteiger partial charge in [-0.1, -0.05) is 52.3 Å². The molecule has 5 rings (SSSR count). The standard InChI is InChI=1S/C20H16BrN5O/c21-15-7-6-13-8-9-25(17(13)10-15)12-16-11-18(27)26-20(22-16)23-19(24-26)14-4-2-1-3-5-14/h1-7,10-11H,8-9,12H2,(H,22,23,24). The molecule has 1 aliphatic heterocycles. The SMILES string of the molecule is O=c1cc(CN2CCc3ccc(Br)cc32)nc2nc(-c3ccccc3)[nH]n12. The van der Waals surface area contributed by atoms with Gasteiger partial charge >= 0.3 is 0 Å². The first-order valence-corrected chi connectivity index (χ1v) is 9.54. The Kier molecular flexibility index (Phi) is 3.82. The minimum absolute atomic E-state index is 0.154. The van der Waals surface area contributed by atoms with Gasteiger partial charge in [-0.2, -0.15) is 9.50 Å². The van der Waals surface area contributed by atoms with E-state index in [1.807, 2.05) is 30.3 Å². The van der Waals surface area contributed by atoms with Crippen LogP contribution in [0.15, 0.2) is 63.9 Å². The van der Waals surface area contributed by atoms with Gasteiger partial charge in [0, 0.05) is 28.3 Å². The lowest BCUT2D eigenvalue weighted by molar-refractivity contribution is 0.798. The molecule has 1 aliphatic rings. The van der Waals surface area contributed by atoms with Crippen LogP contribution in [0.2, 0.25) is 0 Å². The number of hydrogen-bond acceptors (Lipinski definition) is 4. The molecular formula is C20H16BrN5O. The number of fused-ring (bicyclic) bond motifs is 2. The molecule has 0 unspecified atom stereocenters. The molecule has 0 aliphatic carbocycles. The summed E-state index contributed by atoms with van der Waals surface area (Å²) < 4.78 is 2.44. The highest BCUT2D eigenvalue weighted by Crippen LogP contribution is 2.31. The van der Waals surface area contributed by atoms with Crippen LogP contribution in [0.5, 0.6) is 0 Å². The van der Waals surface area contributed by atoms with Gasteiger partial charge < -0.3 is 4.90 Å². The largest absolute Gasteiger partial charge is 0.365 e. The van der Waals surface area contributed by atoms with Crippen LogP contribution in [-0.4, -0.2) is 26.1 Å². The monoisotopic (exact) mass is 421 g/mol. The van der Waals surface area contributed by atoms with Gasteiger partial charge in [0.15, 0.2) is 5.82 Å². The quantitative estimate of drug-likeness (QED) is 0.550. The lowest BCUT2D eigenvalue weighted by atomic mass is 10.2. The van der Waals surface area contributed by atoms with Crippen molar-refractivity contribution >= 4 is 27.4 Å². The first kappa shape index (κ1) is 16.3. The first-order chi connectivity index (χ1) is 13.2. The van der Waals surface area contributed by atoms with Gasteiger partial charge in [0.1, 0.15) is 0 Å². The van der Waals surface area contributed by atoms with E-state index in [9.17, 15) is 4.79 Å². The number of nitrogens with one attached hydrogen (secondary N) is 1. The Bertz CT molecular complexity index is 1200. The number of anilines is 1. The lowest BCUT2D eigenvalue weighted by Gasteiger charge is -2.18. The van der Waals surface area contributed by atoms with Crippen LogP contribution < -0.4 is 10.5 Å². The fourth-order valence-electron chi connectivity index (χ4n) is 3.51. The third kappa shape index (κ3) is 2.94. The summed E-state index contributed by atoms with van der Waals surface area (Å²) in [6.45, 7) is 1.51. The Morgan fingerprint density at radius 1 is 1.07 bits per heavy atom. The fraction of sp³-hybridized carbons (Fsp3) is 0.150. The van der Waals surface area contributed by atoms with E-state index in [0.29, 0.717) is 18.1 Å². The van der Waals surface area contributed by atoms with E-state index >= 15 is 0 Å². The second-order valence-electron chi connectivity index (χ2n) is 6.60. The molecule has 27 heavy (non-hydrogen) atoms. The minimum Gasteiger partial charge on any atom is -0.365 e. The first-order valence-electron chi connectivity index (χ1n) is 8.75. The molecule has 0 radical (unpaired) electrons. The van der Waals surface area contributed by atoms with Gasteiger partial charge in [0.2, 0.25) is 0 Å². The number of aromatic nitrogens is 4. The molecule has 0 amide bonds. The number of aromatic amines is 1. The van der Waals surface area contributed by atoms with Crippen LogP contribution in [0.25, 0.3) is 17.2 Å². The molecule has 0 saturated heterocycles. The van der Waals surface area contributed by atoms with Gasteiger partial charge in [-0.15, -0.1) is 0 Å². The van der Waals surface area contributed by atoms with Gasteiger partial charge in [-0.05, 0) is 24.1 Å². The van der Waals surface area contributed by atoms with Crippen LogP contribution in [0, 0.1) is 0 Å². The highest BCUT2D eigenvalue weighted by Gasteiger charge is 2.20. The second-order valence-corrected chi connectivity index (χ2v) is 7.52. The molecule has 0 atom stereocenters. The Labute approximate surface area is 163 Å². The summed E-state index contributed by atoms with van der Waals surface area (Å²) in [7, 11) is 0. The fourth-order valence-corrected chi connectivity index (χ4v) is 3.86. The van der Waals surface area contributed by atoms with E-state index in [0.717, 1.165) is 28.7 Å². The molecule has 3 heterocycles. The van der Waals surface area contributed by atoms with Crippen molar-refractivity contribution in [2.45, 2.75) is 13.0 Å². The number of benzene rings is 2. The van der Waals surface area contributed by atoms with Crippen molar-refractivity contribution < 1.29 is 0 Å². The Balaban J connectivity index is 1.51. The summed E-state index contributed by atoms with van der Waals surface area (Å²) in [5.41, 5.74) is 4.00. The van der Waals surface area contributed by atoms with Crippen molar-refractivity contribution in [1.82, 2.24) is 19.6 Å². The Morgan fingerprint density at radius 2 is 1.93 bits per heavy atom. The molecule has 1 N–H and O–H groups in total. The minimum atomic E-state index is -0.154. The third-order valence-electron chi connectivity index (χ3n) is 4.82. The van der Waals surface area contributed by atoms with Crippen molar-refractivity contribution in [3.8, 4) is 11.4 Å². The molecule has 6 nitrogen and oxygen atoms in total. The van der Waals surface area contributed by atoms with E-state index in [1.54, 1.807) is 6.07 Å². The van der Waals surface area contributed by atoms with E-state index in [2.05, 4.69) is 54.1 Å². The van der Waals surface area contributed by atoms with Gasteiger partial charge in [0.05, 0.1) is 12.2 Å². The Hall–Kier alpha value is -2.93. The highest BCUT2D eigenvalue weighted by atomic mass is 79.9. The van der Waals surface area contributed by atoms with Gasteiger partial charge in [-0.3, -0.25) is 9.89 Å². The summed E-state index contributed by atoms with van der Waals surface area (Å²) >= 11 is 3.54. The molecule has 0 fully saturated rings. The number of halogens is 1. The maximum Gasteiger partial charge on any atom is 0.274 e. The van der Waals surface area contributed by atoms with Gasteiger partial charge in [0.25, 0.3) is 11.3 Å². The zero-order valence-electron chi connectivity index (χ0n) is 14.4. The molecular weight excluding hydrogens is 406 g/mol. The smallest absolute Gasteiger partial charge is 0.274 e. The number of H-pyrrole nitrogens is 1. The highest BCUT2D eigenvalue weighted by molar-refractivity contribution is 9.10. The summed E-state index contributed by atoms with van der Waals surface area (Å²) in [4.78, 5) is 23.9. The molecule has 2 aromatic heterocycles. The summed E-state index contributed by atoms with van der Waals surface area (Å²) in [5, 5.41) is 3.03. The number of hydrogen-bond donors (Lipinski definition) is 1. The van der Waals surface area contributed by atoms with E-state index in [-0.39, 0.29) is 5.56 Å².